The van der Waals surface area contributed by atoms with Gasteiger partial charge in [0.15, 0.2) is 0 Å². The minimum atomic E-state index is -0.0257. The lowest BCUT2D eigenvalue weighted by molar-refractivity contribution is 0.281. The van der Waals surface area contributed by atoms with E-state index in [0.29, 0.717) is 11.5 Å². The standard InChI is InChI=1S/C8H13N3O/c1-6(5-12)11-8-7(9)3-2-4-10-8/h2-4,6,12H,5,9H2,1H3,(H,10,11)/t6-/m0/s1. The fourth-order valence-corrected chi connectivity index (χ4v) is 0.817. The molecular weight excluding hydrogens is 154 g/mol. The third-order valence-electron chi connectivity index (χ3n) is 1.50. The van der Waals surface area contributed by atoms with Crippen molar-refractivity contribution >= 4 is 11.5 Å². The number of hydrogen-bond donors (Lipinski definition) is 3. The van der Waals surface area contributed by atoms with Gasteiger partial charge >= 0.3 is 0 Å². The van der Waals surface area contributed by atoms with E-state index in [1.165, 1.54) is 0 Å². The topological polar surface area (TPSA) is 71.2 Å². The zero-order chi connectivity index (χ0) is 8.97. The molecule has 0 fully saturated rings. The van der Waals surface area contributed by atoms with Crippen LogP contribution in [-0.4, -0.2) is 22.7 Å². The van der Waals surface area contributed by atoms with Gasteiger partial charge < -0.3 is 16.2 Å². The van der Waals surface area contributed by atoms with Crippen LogP contribution >= 0.6 is 0 Å². The molecule has 1 aromatic heterocycles. The number of aromatic nitrogens is 1. The van der Waals surface area contributed by atoms with E-state index in [1.54, 1.807) is 18.3 Å². The van der Waals surface area contributed by atoms with Gasteiger partial charge in [-0.3, -0.25) is 0 Å². The molecule has 0 amide bonds. The first kappa shape index (κ1) is 8.80. The summed E-state index contributed by atoms with van der Waals surface area (Å²) in [7, 11) is 0. The molecule has 1 rings (SSSR count). The highest BCUT2D eigenvalue weighted by molar-refractivity contribution is 5.60. The highest BCUT2D eigenvalue weighted by Crippen LogP contribution is 2.13. The lowest BCUT2D eigenvalue weighted by Crippen LogP contribution is -2.20. The van der Waals surface area contributed by atoms with Crippen LogP contribution in [0.25, 0.3) is 0 Å². The number of aliphatic hydroxyl groups excluding tert-OH is 1. The normalized spacial score (nSPS) is 12.5. The van der Waals surface area contributed by atoms with Crippen molar-refractivity contribution in [2.45, 2.75) is 13.0 Å². The summed E-state index contributed by atoms with van der Waals surface area (Å²) in [4.78, 5) is 4.02. The summed E-state index contributed by atoms with van der Waals surface area (Å²) in [6, 6.07) is 3.51. The zero-order valence-corrected chi connectivity index (χ0v) is 6.99. The van der Waals surface area contributed by atoms with E-state index in [9.17, 15) is 0 Å². The third kappa shape index (κ3) is 2.10. The molecule has 1 atom stereocenters. The van der Waals surface area contributed by atoms with Gasteiger partial charge in [-0.25, -0.2) is 4.98 Å². The smallest absolute Gasteiger partial charge is 0.149 e. The zero-order valence-electron chi connectivity index (χ0n) is 6.99. The van der Waals surface area contributed by atoms with E-state index >= 15 is 0 Å². The predicted octanol–water partition coefficient (Wildman–Crippen LogP) is 0.457. The van der Waals surface area contributed by atoms with Gasteiger partial charge in [0, 0.05) is 12.2 Å². The van der Waals surface area contributed by atoms with Crippen molar-refractivity contribution in [1.29, 1.82) is 0 Å². The average Bonchev–Trinajstić information content (AvgIpc) is 2.09. The first-order valence-electron chi connectivity index (χ1n) is 3.82. The average molecular weight is 167 g/mol. The fourth-order valence-electron chi connectivity index (χ4n) is 0.817. The molecule has 0 radical (unpaired) electrons. The van der Waals surface area contributed by atoms with Gasteiger partial charge in [-0.15, -0.1) is 0 Å². The summed E-state index contributed by atoms with van der Waals surface area (Å²) in [6.45, 7) is 1.92. The van der Waals surface area contributed by atoms with Gasteiger partial charge in [-0.1, -0.05) is 0 Å². The molecule has 0 aliphatic rings. The molecule has 1 aromatic rings. The molecule has 0 aromatic carbocycles. The van der Waals surface area contributed by atoms with Crippen LogP contribution in [0, 0.1) is 0 Å². The monoisotopic (exact) mass is 167 g/mol. The van der Waals surface area contributed by atoms with Crippen LogP contribution < -0.4 is 11.1 Å². The number of hydrogen-bond acceptors (Lipinski definition) is 4. The SMILES string of the molecule is C[C@@H](CO)Nc1ncccc1N. The van der Waals surface area contributed by atoms with E-state index in [1.807, 2.05) is 6.92 Å². The molecule has 0 unspecified atom stereocenters. The number of nitrogens with two attached hydrogens (primary N) is 1. The summed E-state index contributed by atoms with van der Waals surface area (Å²) >= 11 is 0. The summed E-state index contributed by atoms with van der Waals surface area (Å²) in [5, 5.41) is 11.7. The maximum absolute atomic E-state index is 8.76. The van der Waals surface area contributed by atoms with Crippen LogP contribution in [0.5, 0.6) is 0 Å². The number of nitrogen functional groups attached to an aromatic ring is 1. The van der Waals surface area contributed by atoms with Crippen molar-refractivity contribution < 1.29 is 5.11 Å². The number of nitrogens with zero attached hydrogens (tertiary/aromatic N) is 1. The third-order valence-corrected chi connectivity index (χ3v) is 1.50. The quantitative estimate of drug-likeness (QED) is 0.611. The van der Waals surface area contributed by atoms with Crippen LogP contribution in [0.1, 0.15) is 6.92 Å². The van der Waals surface area contributed by atoms with Crippen molar-refractivity contribution in [3.63, 3.8) is 0 Å². The number of nitrogens with one attached hydrogen (secondary N) is 1. The van der Waals surface area contributed by atoms with Crippen LogP contribution in [0.4, 0.5) is 11.5 Å². The Hall–Kier alpha value is -1.29. The predicted molar refractivity (Wildman–Crippen MR) is 48.8 cm³/mol. The van der Waals surface area contributed by atoms with Gasteiger partial charge in [0.05, 0.1) is 12.3 Å². The molecule has 0 saturated heterocycles. The summed E-state index contributed by atoms with van der Waals surface area (Å²) in [5.41, 5.74) is 6.21. The molecule has 12 heavy (non-hydrogen) atoms. The second-order valence-electron chi connectivity index (χ2n) is 2.67. The van der Waals surface area contributed by atoms with E-state index in [-0.39, 0.29) is 12.6 Å². The Bertz CT molecular complexity index is 252. The summed E-state index contributed by atoms with van der Waals surface area (Å²) < 4.78 is 0. The molecule has 4 N–H and O–H groups in total. The largest absolute Gasteiger partial charge is 0.396 e. The molecule has 1 heterocycles. The minimum Gasteiger partial charge on any atom is -0.396 e. The van der Waals surface area contributed by atoms with Crippen molar-refractivity contribution in [3.05, 3.63) is 18.3 Å². The van der Waals surface area contributed by atoms with E-state index in [2.05, 4.69) is 10.3 Å². The lowest BCUT2D eigenvalue weighted by atomic mass is 10.3. The first-order valence-corrected chi connectivity index (χ1v) is 3.82. The molecule has 0 bridgehead atoms. The van der Waals surface area contributed by atoms with Crippen LogP contribution in [0.2, 0.25) is 0 Å². The fraction of sp³-hybridized carbons (Fsp3) is 0.375. The van der Waals surface area contributed by atoms with Crippen LogP contribution in [0.15, 0.2) is 18.3 Å². The van der Waals surface area contributed by atoms with E-state index < -0.39 is 0 Å². The van der Waals surface area contributed by atoms with Crippen molar-refractivity contribution in [1.82, 2.24) is 4.98 Å². The van der Waals surface area contributed by atoms with Crippen molar-refractivity contribution in [2.24, 2.45) is 0 Å². The van der Waals surface area contributed by atoms with Gasteiger partial charge in [0.1, 0.15) is 5.82 Å². The highest BCUT2D eigenvalue weighted by atomic mass is 16.3. The Kier molecular flexibility index (Phi) is 2.88. The summed E-state index contributed by atoms with van der Waals surface area (Å²) in [6.07, 6.45) is 1.66. The van der Waals surface area contributed by atoms with Crippen molar-refractivity contribution in [2.75, 3.05) is 17.7 Å². The van der Waals surface area contributed by atoms with Crippen LogP contribution in [-0.2, 0) is 0 Å². The minimum absolute atomic E-state index is 0.0257. The van der Waals surface area contributed by atoms with Gasteiger partial charge in [-0.2, -0.15) is 0 Å². The first-order chi connectivity index (χ1) is 5.74. The molecular formula is C8H13N3O. The molecule has 0 aliphatic carbocycles. The summed E-state index contributed by atoms with van der Waals surface area (Å²) in [5.74, 6) is 0.624. The number of anilines is 2. The number of aliphatic hydroxyl groups is 1. The Labute approximate surface area is 71.4 Å². The molecule has 0 saturated carbocycles. The van der Waals surface area contributed by atoms with E-state index in [0.717, 1.165) is 0 Å². The lowest BCUT2D eigenvalue weighted by Gasteiger charge is -2.12. The molecule has 0 aliphatic heterocycles. The Balaban J connectivity index is 2.69. The van der Waals surface area contributed by atoms with Gasteiger partial charge in [-0.05, 0) is 19.1 Å². The number of pyridine rings is 1. The highest BCUT2D eigenvalue weighted by Gasteiger charge is 2.02. The van der Waals surface area contributed by atoms with Crippen LogP contribution in [0.3, 0.4) is 0 Å². The number of rotatable bonds is 3. The molecule has 66 valence electrons. The molecule has 4 heteroatoms. The van der Waals surface area contributed by atoms with Crippen molar-refractivity contribution in [3.8, 4) is 0 Å². The molecule has 4 nitrogen and oxygen atoms in total. The van der Waals surface area contributed by atoms with E-state index in [4.69, 9.17) is 10.8 Å². The Morgan fingerprint density at radius 3 is 3.08 bits per heavy atom. The van der Waals surface area contributed by atoms with Gasteiger partial charge in [0.25, 0.3) is 0 Å². The molecule has 0 spiro atoms. The van der Waals surface area contributed by atoms with Gasteiger partial charge in [0.2, 0.25) is 0 Å². The second kappa shape index (κ2) is 3.92. The second-order valence-corrected chi connectivity index (χ2v) is 2.67. The Morgan fingerprint density at radius 1 is 1.75 bits per heavy atom. The maximum Gasteiger partial charge on any atom is 0.149 e. The Morgan fingerprint density at radius 2 is 2.50 bits per heavy atom. The maximum atomic E-state index is 8.76.